The number of nitrogens with zero attached hydrogens (tertiary/aromatic N) is 1. The first kappa shape index (κ1) is 11.5. The van der Waals surface area contributed by atoms with Gasteiger partial charge in [-0.05, 0) is 12.8 Å². The molecule has 0 bridgehead atoms. The van der Waals surface area contributed by atoms with E-state index in [0.29, 0.717) is 25.8 Å². The normalized spacial score (nSPS) is 15.6. The number of amides is 2. The topological polar surface area (TPSA) is 83.9 Å². The molecule has 84 valence electrons. The first-order valence-corrected chi connectivity index (χ1v) is 4.80. The minimum Gasteiger partial charge on any atom is -0.481 e. The molecule has 0 aromatic carbocycles. The van der Waals surface area contributed by atoms with Crippen LogP contribution in [-0.2, 0) is 14.3 Å². The lowest BCUT2D eigenvalue weighted by Gasteiger charge is -2.09. The standard InChI is InChI=1S/C9H13NO5/c11-7-6-15-9(14)10(7)5-3-1-2-4-8(12)13/h1-6H2,(H,12,13). The molecular formula is C9H13NO5. The fourth-order valence-corrected chi connectivity index (χ4v) is 1.32. The SMILES string of the molecule is O=C(O)CCCCCN1C(=O)COC1=O. The zero-order chi connectivity index (χ0) is 11.3. The van der Waals surface area contributed by atoms with Crippen LogP contribution in [0.5, 0.6) is 0 Å². The lowest BCUT2D eigenvalue weighted by molar-refractivity contribution is -0.137. The number of carboxylic acids is 1. The van der Waals surface area contributed by atoms with Gasteiger partial charge in [-0.2, -0.15) is 0 Å². The first-order chi connectivity index (χ1) is 7.11. The van der Waals surface area contributed by atoms with Gasteiger partial charge >= 0.3 is 12.1 Å². The van der Waals surface area contributed by atoms with Gasteiger partial charge in [0.15, 0.2) is 6.61 Å². The van der Waals surface area contributed by atoms with Crippen LogP contribution in [0.1, 0.15) is 25.7 Å². The van der Waals surface area contributed by atoms with Crippen molar-refractivity contribution in [2.75, 3.05) is 13.2 Å². The minimum atomic E-state index is -0.827. The van der Waals surface area contributed by atoms with Gasteiger partial charge in [0.1, 0.15) is 0 Å². The van der Waals surface area contributed by atoms with Crippen LogP contribution in [0.4, 0.5) is 4.79 Å². The number of hydrogen-bond donors (Lipinski definition) is 1. The molecule has 1 aliphatic rings. The molecule has 1 N–H and O–H groups in total. The summed E-state index contributed by atoms with van der Waals surface area (Å²) in [5, 5.41) is 8.37. The second-order valence-electron chi connectivity index (χ2n) is 3.30. The van der Waals surface area contributed by atoms with Crippen LogP contribution in [0.3, 0.4) is 0 Å². The van der Waals surface area contributed by atoms with Crippen molar-refractivity contribution in [1.29, 1.82) is 0 Å². The highest BCUT2D eigenvalue weighted by Gasteiger charge is 2.29. The van der Waals surface area contributed by atoms with Gasteiger partial charge in [0.05, 0.1) is 0 Å². The average molecular weight is 215 g/mol. The van der Waals surface area contributed by atoms with Gasteiger partial charge in [0.25, 0.3) is 5.91 Å². The van der Waals surface area contributed by atoms with Gasteiger partial charge in [-0.15, -0.1) is 0 Å². The van der Waals surface area contributed by atoms with Crippen molar-refractivity contribution in [2.45, 2.75) is 25.7 Å². The Morgan fingerprint density at radius 1 is 1.33 bits per heavy atom. The summed E-state index contributed by atoms with van der Waals surface area (Å²) in [6, 6.07) is 0. The Morgan fingerprint density at radius 3 is 2.60 bits per heavy atom. The summed E-state index contributed by atoms with van der Waals surface area (Å²) in [6.45, 7) is 0.144. The largest absolute Gasteiger partial charge is 0.481 e. The molecule has 0 atom stereocenters. The molecule has 1 saturated heterocycles. The fourth-order valence-electron chi connectivity index (χ4n) is 1.32. The molecule has 1 heterocycles. The second-order valence-corrected chi connectivity index (χ2v) is 3.30. The quantitative estimate of drug-likeness (QED) is 0.656. The molecule has 1 fully saturated rings. The van der Waals surface area contributed by atoms with Gasteiger partial charge in [-0.25, -0.2) is 9.69 Å². The maximum atomic E-state index is 11.0. The van der Waals surface area contributed by atoms with Crippen molar-refractivity contribution in [3.63, 3.8) is 0 Å². The number of ether oxygens (including phenoxy) is 1. The number of imide groups is 1. The van der Waals surface area contributed by atoms with E-state index in [9.17, 15) is 14.4 Å². The number of unbranched alkanes of at least 4 members (excludes halogenated alkanes) is 2. The van der Waals surface area contributed by atoms with Crippen molar-refractivity contribution in [1.82, 2.24) is 4.90 Å². The lowest BCUT2D eigenvalue weighted by Crippen LogP contribution is -2.29. The van der Waals surface area contributed by atoms with E-state index in [0.717, 1.165) is 4.90 Å². The van der Waals surface area contributed by atoms with E-state index in [-0.39, 0.29) is 18.9 Å². The molecule has 6 heteroatoms. The molecule has 15 heavy (non-hydrogen) atoms. The lowest BCUT2D eigenvalue weighted by atomic mass is 10.2. The zero-order valence-electron chi connectivity index (χ0n) is 8.27. The van der Waals surface area contributed by atoms with Crippen LogP contribution in [0.2, 0.25) is 0 Å². The van der Waals surface area contributed by atoms with Crippen LogP contribution < -0.4 is 0 Å². The molecule has 6 nitrogen and oxygen atoms in total. The summed E-state index contributed by atoms with van der Waals surface area (Å²) in [7, 11) is 0. The van der Waals surface area contributed by atoms with E-state index in [4.69, 9.17) is 5.11 Å². The predicted molar refractivity (Wildman–Crippen MR) is 49.2 cm³/mol. The zero-order valence-corrected chi connectivity index (χ0v) is 8.27. The molecule has 0 saturated carbocycles. The Bertz CT molecular complexity index is 260. The molecule has 0 unspecified atom stereocenters. The van der Waals surface area contributed by atoms with Gasteiger partial charge in [-0.3, -0.25) is 9.59 Å². The minimum absolute atomic E-state index is 0.123. The Kier molecular flexibility index (Phi) is 4.08. The summed E-state index contributed by atoms with van der Waals surface area (Å²) in [4.78, 5) is 33.2. The summed E-state index contributed by atoms with van der Waals surface area (Å²) >= 11 is 0. The Hall–Kier alpha value is -1.59. The van der Waals surface area contributed by atoms with E-state index >= 15 is 0 Å². The second kappa shape index (κ2) is 5.33. The van der Waals surface area contributed by atoms with E-state index in [1.165, 1.54) is 0 Å². The van der Waals surface area contributed by atoms with Gasteiger partial charge < -0.3 is 9.84 Å². The number of cyclic esters (lactones) is 1. The van der Waals surface area contributed by atoms with Crippen LogP contribution in [-0.4, -0.2) is 41.1 Å². The monoisotopic (exact) mass is 215 g/mol. The van der Waals surface area contributed by atoms with E-state index in [2.05, 4.69) is 4.74 Å². The molecular weight excluding hydrogens is 202 g/mol. The maximum Gasteiger partial charge on any atom is 0.417 e. The van der Waals surface area contributed by atoms with Crippen LogP contribution >= 0.6 is 0 Å². The number of rotatable bonds is 6. The van der Waals surface area contributed by atoms with Crippen molar-refractivity contribution < 1.29 is 24.2 Å². The first-order valence-electron chi connectivity index (χ1n) is 4.80. The Labute approximate surface area is 86.8 Å². The van der Waals surface area contributed by atoms with Gasteiger partial charge in [-0.1, -0.05) is 6.42 Å². The molecule has 1 aliphatic heterocycles. The number of carbonyl (C=O) groups excluding carboxylic acids is 2. The molecule has 1 rings (SSSR count). The number of carboxylic acid groups (broad SMARTS) is 1. The van der Waals surface area contributed by atoms with Gasteiger partial charge in [0.2, 0.25) is 0 Å². The van der Waals surface area contributed by atoms with Crippen LogP contribution in [0, 0.1) is 0 Å². The summed E-state index contributed by atoms with van der Waals surface area (Å²) in [5.74, 6) is -1.15. The third-order valence-corrected chi connectivity index (χ3v) is 2.11. The third kappa shape index (κ3) is 3.57. The number of aliphatic carboxylic acids is 1. The Morgan fingerprint density at radius 2 is 2.07 bits per heavy atom. The van der Waals surface area contributed by atoms with Crippen molar-refractivity contribution in [3.05, 3.63) is 0 Å². The average Bonchev–Trinajstić information content (AvgIpc) is 2.47. The molecule has 0 radical (unpaired) electrons. The summed E-state index contributed by atoms with van der Waals surface area (Å²) < 4.78 is 4.52. The van der Waals surface area contributed by atoms with E-state index < -0.39 is 12.1 Å². The van der Waals surface area contributed by atoms with E-state index in [1.807, 2.05) is 0 Å². The highest BCUT2D eigenvalue weighted by atomic mass is 16.6. The van der Waals surface area contributed by atoms with E-state index in [1.54, 1.807) is 0 Å². The molecule has 0 spiro atoms. The summed E-state index contributed by atoms with van der Waals surface area (Å²) in [6.07, 6.45) is 1.39. The molecule has 0 aliphatic carbocycles. The highest BCUT2D eigenvalue weighted by Crippen LogP contribution is 2.08. The van der Waals surface area contributed by atoms with Crippen LogP contribution in [0.25, 0.3) is 0 Å². The predicted octanol–water partition coefficient (Wildman–Crippen LogP) is 0.610. The Balaban J connectivity index is 2.12. The summed E-state index contributed by atoms with van der Waals surface area (Å²) in [5.41, 5.74) is 0. The number of hydrogen-bond acceptors (Lipinski definition) is 4. The third-order valence-electron chi connectivity index (χ3n) is 2.11. The smallest absolute Gasteiger partial charge is 0.417 e. The maximum absolute atomic E-state index is 11.0. The molecule has 0 aromatic heterocycles. The van der Waals surface area contributed by atoms with Crippen molar-refractivity contribution >= 4 is 18.0 Å². The van der Waals surface area contributed by atoms with Crippen LogP contribution in [0.15, 0.2) is 0 Å². The van der Waals surface area contributed by atoms with Crippen molar-refractivity contribution in [3.8, 4) is 0 Å². The van der Waals surface area contributed by atoms with Crippen molar-refractivity contribution in [2.24, 2.45) is 0 Å². The number of carbonyl (C=O) groups is 3. The highest BCUT2D eigenvalue weighted by molar-refractivity contribution is 5.97. The fraction of sp³-hybridized carbons (Fsp3) is 0.667. The van der Waals surface area contributed by atoms with Gasteiger partial charge in [0, 0.05) is 13.0 Å². The molecule has 0 aromatic rings. The molecule has 2 amide bonds.